The number of rotatable bonds is 2. The van der Waals surface area contributed by atoms with E-state index in [1.807, 2.05) is 18.7 Å². The molecule has 4 nitrogen and oxygen atoms in total. The van der Waals surface area contributed by atoms with Crippen molar-refractivity contribution >= 4 is 11.9 Å². The van der Waals surface area contributed by atoms with Crippen LogP contribution in [0, 0.1) is 5.41 Å². The summed E-state index contributed by atoms with van der Waals surface area (Å²) in [7, 11) is 0. The topological polar surface area (TPSA) is 56.2 Å². The normalized spacial score (nSPS) is 33.8. The monoisotopic (exact) mass is 181 g/mol. The van der Waals surface area contributed by atoms with E-state index in [2.05, 4.69) is 5.32 Å². The van der Waals surface area contributed by atoms with E-state index < -0.39 is 0 Å². The number of carbonyl (C=O) groups is 1. The lowest BCUT2D eigenvalue weighted by Gasteiger charge is -2.32. The second kappa shape index (κ2) is 2.47. The molecule has 1 unspecified atom stereocenters. The van der Waals surface area contributed by atoms with Crippen molar-refractivity contribution in [1.82, 2.24) is 10.2 Å². The van der Waals surface area contributed by atoms with Gasteiger partial charge in [-0.1, -0.05) is 6.92 Å². The Bertz CT molecular complexity index is 272. The lowest BCUT2D eigenvalue weighted by atomic mass is 9.97. The van der Waals surface area contributed by atoms with Gasteiger partial charge in [-0.15, -0.1) is 0 Å². The van der Waals surface area contributed by atoms with E-state index in [1.54, 1.807) is 0 Å². The summed E-state index contributed by atoms with van der Waals surface area (Å²) in [4.78, 5) is 13.4. The number of amidine groups is 1. The molecule has 0 aromatic rings. The van der Waals surface area contributed by atoms with Gasteiger partial charge in [-0.3, -0.25) is 10.7 Å². The van der Waals surface area contributed by atoms with E-state index in [0.717, 1.165) is 19.3 Å². The molecule has 0 spiro atoms. The molecule has 0 aromatic carbocycles. The molecule has 2 fully saturated rings. The maximum absolute atomic E-state index is 11.5. The van der Waals surface area contributed by atoms with E-state index >= 15 is 0 Å². The molecule has 2 amide bonds. The molecule has 1 aliphatic heterocycles. The first-order valence-electron chi connectivity index (χ1n) is 4.79. The van der Waals surface area contributed by atoms with Crippen LogP contribution in [0.15, 0.2) is 0 Å². The van der Waals surface area contributed by atoms with Crippen LogP contribution >= 0.6 is 0 Å². The zero-order valence-electron chi connectivity index (χ0n) is 8.05. The third kappa shape index (κ3) is 1.04. The summed E-state index contributed by atoms with van der Waals surface area (Å²) in [6.45, 7) is 3.98. The Morgan fingerprint density at radius 1 is 1.69 bits per heavy atom. The van der Waals surface area contributed by atoms with Crippen molar-refractivity contribution < 1.29 is 4.79 Å². The smallest absolute Gasteiger partial charge is 0.309 e. The Kier molecular flexibility index (Phi) is 1.62. The van der Waals surface area contributed by atoms with E-state index in [0.29, 0.717) is 11.9 Å². The van der Waals surface area contributed by atoms with Crippen LogP contribution in [0.2, 0.25) is 0 Å². The number of hydrogen-bond donors (Lipinski definition) is 2. The van der Waals surface area contributed by atoms with Gasteiger partial charge < -0.3 is 4.90 Å². The fraction of sp³-hybridized carbons (Fsp3) is 0.778. The first-order valence-corrected chi connectivity index (χ1v) is 4.79. The van der Waals surface area contributed by atoms with E-state index in [-0.39, 0.29) is 11.6 Å². The van der Waals surface area contributed by atoms with Crippen LogP contribution < -0.4 is 5.32 Å². The molecular formula is C9H15N3O. The summed E-state index contributed by atoms with van der Waals surface area (Å²) >= 11 is 0. The zero-order valence-corrected chi connectivity index (χ0v) is 8.05. The fourth-order valence-corrected chi connectivity index (χ4v) is 1.90. The summed E-state index contributed by atoms with van der Waals surface area (Å²) in [5.74, 6) is 0.354. The molecule has 2 aliphatic rings. The first kappa shape index (κ1) is 8.53. The van der Waals surface area contributed by atoms with E-state index in [9.17, 15) is 4.79 Å². The molecular weight excluding hydrogens is 166 g/mol. The van der Waals surface area contributed by atoms with Crippen LogP contribution in [-0.2, 0) is 0 Å². The molecule has 1 aliphatic carbocycles. The number of nitrogens with one attached hydrogen (secondary N) is 2. The second-order valence-electron chi connectivity index (χ2n) is 4.03. The average molecular weight is 181 g/mol. The molecule has 1 heterocycles. The minimum atomic E-state index is -0.377. The number of nitrogens with zero attached hydrogens (tertiary/aromatic N) is 1. The molecule has 1 saturated heterocycles. The van der Waals surface area contributed by atoms with Gasteiger partial charge in [-0.2, -0.15) is 0 Å². The number of amides is 2. The van der Waals surface area contributed by atoms with Crippen LogP contribution in [0.5, 0.6) is 0 Å². The highest BCUT2D eigenvalue weighted by Gasteiger charge is 2.51. The summed E-state index contributed by atoms with van der Waals surface area (Å²) in [6, 6.07) is 0.296. The number of urea groups is 1. The lowest BCUT2D eigenvalue weighted by molar-refractivity contribution is 0.173. The molecule has 4 heteroatoms. The average Bonchev–Trinajstić information content (AvgIpc) is 2.84. The lowest BCUT2D eigenvalue weighted by Crippen LogP contribution is -2.47. The molecule has 0 radical (unpaired) electrons. The molecule has 72 valence electrons. The fourth-order valence-electron chi connectivity index (χ4n) is 1.90. The highest BCUT2D eigenvalue weighted by atomic mass is 16.2. The van der Waals surface area contributed by atoms with Crippen molar-refractivity contribution in [2.24, 2.45) is 0 Å². The van der Waals surface area contributed by atoms with Gasteiger partial charge in [0.2, 0.25) is 0 Å². The highest BCUT2D eigenvalue weighted by Crippen LogP contribution is 2.37. The predicted octanol–water partition coefficient (Wildman–Crippen LogP) is 1.32. The van der Waals surface area contributed by atoms with Crippen LogP contribution in [0.4, 0.5) is 4.79 Å². The van der Waals surface area contributed by atoms with Crippen LogP contribution in [0.1, 0.15) is 33.1 Å². The van der Waals surface area contributed by atoms with Gasteiger partial charge in [0.1, 0.15) is 5.84 Å². The van der Waals surface area contributed by atoms with Crippen LogP contribution in [0.25, 0.3) is 0 Å². The zero-order chi connectivity index (χ0) is 9.64. The SMILES string of the molecule is CCC1(C)C(=N)NC(=O)N1C1CC1. The summed E-state index contributed by atoms with van der Waals surface area (Å²) in [6.07, 6.45) is 2.99. The molecule has 1 saturated carbocycles. The van der Waals surface area contributed by atoms with Crippen molar-refractivity contribution in [1.29, 1.82) is 5.41 Å². The summed E-state index contributed by atoms with van der Waals surface area (Å²) < 4.78 is 0. The third-order valence-corrected chi connectivity index (χ3v) is 3.12. The standard InChI is InChI=1S/C9H15N3O/c1-3-9(2)7(10)11-8(13)12(9)6-4-5-6/h6H,3-5H2,1-2H3,(H2,10,11,13). The van der Waals surface area contributed by atoms with Gasteiger partial charge in [0, 0.05) is 6.04 Å². The molecule has 0 bridgehead atoms. The van der Waals surface area contributed by atoms with Crippen molar-refractivity contribution in [3.63, 3.8) is 0 Å². The van der Waals surface area contributed by atoms with Crippen molar-refractivity contribution in [3.8, 4) is 0 Å². The van der Waals surface area contributed by atoms with Crippen LogP contribution in [-0.4, -0.2) is 28.3 Å². The van der Waals surface area contributed by atoms with E-state index in [1.165, 1.54) is 0 Å². The Balaban J connectivity index is 2.30. The molecule has 1 atom stereocenters. The van der Waals surface area contributed by atoms with E-state index in [4.69, 9.17) is 5.41 Å². The van der Waals surface area contributed by atoms with Gasteiger partial charge in [0.15, 0.2) is 0 Å². The quantitative estimate of drug-likeness (QED) is 0.663. The van der Waals surface area contributed by atoms with Crippen molar-refractivity contribution in [3.05, 3.63) is 0 Å². The Labute approximate surface area is 77.8 Å². The number of hydrogen-bond acceptors (Lipinski definition) is 2. The van der Waals surface area contributed by atoms with Crippen molar-refractivity contribution in [2.75, 3.05) is 0 Å². The van der Waals surface area contributed by atoms with Gasteiger partial charge in [0.05, 0.1) is 5.54 Å². The largest absolute Gasteiger partial charge is 0.323 e. The first-order chi connectivity index (χ1) is 6.09. The summed E-state index contributed by atoms with van der Waals surface area (Å²) in [5, 5.41) is 10.3. The maximum atomic E-state index is 11.5. The Hall–Kier alpha value is -1.06. The maximum Gasteiger partial charge on any atom is 0.323 e. The highest BCUT2D eigenvalue weighted by molar-refractivity contribution is 6.08. The summed E-state index contributed by atoms with van der Waals surface area (Å²) in [5.41, 5.74) is -0.377. The van der Waals surface area contributed by atoms with Crippen molar-refractivity contribution in [2.45, 2.75) is 44.7 Å². The minimum absolute atomic E-state index is 0.0862. The molecule has 2 rings (SSSR count). The third-order valence-electron chi connectivity index (χ3n) is 3.12. The molecule has 0 aromatic heterocycles. The van der Waals surface area contributed by atoms with Gasteiger partial charge in [0.25, 0.3) is 0 Å². The Morgan fingerprint density at radius 3 is 2.77 bits per heavy atom. The van der Waals surface area contributed by atoms with Gasteiger partial charge >= 0.3 is 6.03 Å². The second-order valence-corrected chi connectivity index (χ2v) is 4.03. The molecule has 13 heavy (non-hydrogen) atoms. The number of carbonyl (C=O) groups excluding carboxylic acids is 1. The molecule has 2 N–H and O–H groups in total. The predicted molar refractivity (Wildman–Crippen MR) is 49.8 cm³/mol. The minimum Gasteiger partial charge on any atom is -0.309 e. The van der Waals surface area contributed by atoms with Gasteiger partial charge in [-0.25, -0.2) is 4.79 Å². The Morgan fingerprint density at radius 2 is 2.31 bits per heavy atom. The van der Waals surface area contributed by atoms with Gasteiger partial charge in [-0.05, 0) is 26.2 Å². The van der Waals surface area contributed by atoms with Crippen LogP contribution in [0.3, 0.4) is 0 Å².